The van der Waals surface area contributed by atoms with Crippen LogP contribution in [0.5, 0.6) is 0 Å². The van der Waals surface area contributed by atoms with Gasteiger partial charge < -0.3 is 9.47 Å². The minimum absolute atomic E-state index is 0.0408. The quantitative estimate of drug-likeness (QED) is 0.800. The fraction of sp³-hybridized carbons (Fsp3) is 0.438. The van der Waals surface area contributed by atoms with Gasteiger partial charge in [-0.25, -0.2) is 5.06 Å². The molecule has 0 aromatic heterocycles. The molecule has 0 aliphatic carbocycles. The van der Waals surface area contributed by atoms with Gasteiger partial charge in [0.25, 0.3) is 5.91 Å². The van der Waals surface area contributed by atoms with Gasteiger partial charge in [-0.3, -0.25) is 9.63 Å². The molecule has 1 atom stereocenters. The molecule has 1 aliphatic rings. The van der Waals surface area contributed by atoms with Crippen molar-refractivity contribution in [3.63, 3.8) is 0 Å². The highest BCUT2D eigenvalue weighted by atomic mass is 16.7. The molecule has 5 nitrogen and oxygen atoms in total. The van der Waals surface area contributed by atoms with Crippen LogP contribution in [0.25, 0.3) is 6.08 Å². The molecule has 21 heavy (non-hydrogen) atoms. The molecular weight excluding hydrogens is 270 g/mol. The number of hydroxylamine groups is 2. The zero-order chi connectivity index (χ0) is 15.5. The first-order chi connectivity index (χ1) is 9.91. The van der Waals surface area contributed by atoms with Crippen molar-refractivity contribution >= 4 is 12.0 Å². The van der Waals surface area contributed by atoms with Crippen molar-refractivity contribution < 1.29 is 19.1 Å². The number of benzene rings is 1. The number of hydrogen-bond acceptors (Lipinski definition) is 4. The molecule has 1 fully saturated rings. The molecule has 1 aromatic carbocycles. The number of carbonyl (C=O) groups excluding carboxylic acids is 1. The van der Waals surface area contributed by atoms with Gasteiger partial charge in [-0.05, 0) is 31.5 Å². The van der Waals surface area contributed by atoms with Gasteiger partial charge in [0, 0.05) is 12.6 Å². The minimum atomic E-state index is -0.518. The molecule has 1 aliphatic heterocycles. The second kappa shape index (κ2) is 6.39. The van der Waals surface area contributed by atoms with Crippen LogP contribution in [-0.4, -0.2) is 43.6 Å². The van der Waals surface area contributed by atoms with E-state index in [0.717, 1.165) is 5.56 Å². The fourth-order valence-electron chi connectivity index (χ4n) is 2.03. The van der Waals surface area contributed by atoms with Crippen molar-refractivity contribution in [2.45, 2.75) is 25.7 Å². The summed E-state index contributed by atoms with van der Waals surface area (Å²) < 4.78 is 11.2. The van der Waals surface area contributed by atoms with E-state index < -0.39 is 5.79 Å². The highest BCUT2D eigenvalue weighted by Crippen LogP contribution is 2.23. The third-order valence-corrected chi connectivity index (χ3v) is 3.25. The Labute approximate surface area is 125 Å². The van der Waals surface area contributed by atoms with Crippen LogP contribution in [0.1, 0.15) is 29.8 Å². The van der Waals surface area contributed by atoms with Gasteiger partial charge in [0.05, 0.1) is 13.7 Å². The van der Waals surface area contributed by atoms with Crippen LogP contribution < -0.4 is 0 Å². The highest BCUT2D eigenvalue weighted by molar-refractivity contribution is 5.93. The first-order valence-electron chi connectivity index (χ1n) is 6.83. The summed E-state index contributed by atoms with van der Waals surface area (Å²) in [6, 6.07) is 7.31. The van der Waals surface area contributed by atoms with Crippen LogP contribution in [0.15, 0.2) is 30.3 Å². The van der Waals surface area contributed by atoms with Gasteiger partial charge in [0.15, 0.2) is 5.79 Å². The minimum Gasteiger partial charge on any atom is -0.347 e. The number of nitrogens with zero attached hydrogens (tertiary/aromatic N) is 1. The van der Waals surface area contributed by atoms with E-state index in [0.29, 0.717) is 12.2 Å². The Kier molecular flexibility index (Phi) is 4.77. The number of amides is 1. The first-order valence-corrected chi connectivity index (χ1v) is 6.83. The number of carbonyl (C=O) groups is 1. The fourth-order valence-corrected chi connectivity index (χ4v) is 2.03. The van der Waals surface area contributed by atoms with E-state index in [1.165, 1.54) is 12.2 Å². The van der Waals surface area contributed by atoms with E-state index in [1.807, 2.05) is 38.1 Å². The van der Waals surface area contributed by atoms with E-state index in [2.05, 4.69) is 0 Å². The van der Waals surface area contributed by atoms with Crippen LogP contribution in [-0.2, 0) is 14.3 Å². The summed E-state index contributed by atoms with van der Waals surface area (Å²) >= 11 is 0. The Morgan fingerprint density at radius 2 is 2.05 bits per heavy atom. The van der Waals surface area contributed by atoms with Crippen molar-refractivity contribution in [3.05, 3.63) is 41.5 Å². The maximum Gasteiger partial charge on any atom is 0.277 e. The Balaban J connectivity index is 1.98. The molecule has 0 N–H and O–H groups in total. The van der Waals surface area contributed by atoms with E-state index >= 15 is 0 Å². The molecule has 114 valence electrons. The van der Waals surface area contributed by atoms with Gasteiger partial charge >= 0.3 is 0 Å². The third-order valence-electron chi connectivity index (χ3n) is 3.25. The summed E-state index contributed by atoms with van der Waals surface area (Å²) in [6.45, 7) is 4.35. The van der Waals surface area contributed by atoms with Gasteiger partial charge in [-0.2, -0.15) is 0 Å². The van der Waals surface area contributed by atoms with Crippen LogP contribution in [0.4, 0.5) is 0 Å². The SMILES string of the molecule is CON(C)C(=O)c1ccc(/C=C/[C@H]2COC(C)(C)O2)cc1. The third kappa shape index (κ3) is 4.14. The lowest BCUT2D eigenvalue weighted by Gasteiger charge is -2.15. The van der Waals surface area contributed by atoms with Crippen LogP contribution in [0.2, 0.25) is 0 Å². The molecule has 1 saturated heterocycles. The van der Waals surface area contributed by atoms with Gasteiger partial charge in [0.2, 0.25) is 0 Å². The maximum absolute atomic E-state index is 11.9. The summed E-state index contributed by atoms with van der Waals surface area (Å²) in [7, 11) is 3.04. The highest BCUT2D eigenvalue weighted by Gasteiger charge is 2.30. The standard InChI is InChI=1S/C16H21NO4/c1-16(2)20-11-14(21-16)10-7-12-5-8-13(9-6-12)15(18)17(3)19-4/h5-10,14H,11H2,1-4H3/b10-7+/t14-/m0/s1. The maximum atomic E-state index is 11.9. The van der Waals surface area contributed by atoms with E-state index in [1.54, 1.807) is 19.2 Å². The van der Waals surface area contributed by atoms with Gasteiger partial charge in [-0.1, -0.05) is 24.3 Å². The van der Waals surface area contributed by atoms with Crippen molar-refractivity contribution in [2.24, 2.45) is 0 Å². The lowest BCUT2D eigenvalue weighted by atomic mass is 10.1. The topological polar surface area (TPSA) is 48.0 Å². The zero-order valence-electron chi connectivity index (χ0n) is 12.8. The lowest BCUT2D eigenvalue weighted by molar-refractivity contribution is -0.133. The van der Waals surface area contributed by atoms with E-state index in [9.17, 15) is 4.79 Å². The molecule has 2 rings (SSSR count). The normalized spacial score (nSPS) is 20.9. The molecule has 0 spiro atoms. The van der Waals surface area contributed by atoms with Crippen LogP contribution in [0.3, 0.4) is 0 Å². The number of hydrogen-bond donors (Lipinski definition) is 0. The Hall–Kier alpha value is -1.69. The molecule has 1 heterocycles. The van der Waals surface area contributed by atoms with Crippen LogP contribution >= 0.6 is 0 Å². The molecular formula is C16H21NO4. The Morgan fingerprint density at radius 1 is 1.38 bits per heavy atom. The zero-order valence-corrected chi connectivity index (χ0v) is 12.8. The van der Waals surface area contributed by atoms with Gasteiger partial charge in [0.1, 0.15) is 6.10 Å². The van der Waals surface area contributed by atoms with Crippen molar-refractivity contribution in [3.8, 4) is 0 Å². The van der Waals surface area contributed by atoms with E-state index in [4.69, 9.17) is 14.3 Å². The summed E-state index contributed by atoms with van der Waals surface area (Å²) in [6.07, 6.45) is 3.89. The summed E-state index contributed by atoms with van der Waals surface area (Å²) in [5.41, 5.74) is 1.58. The smallest absolute Gasteiger partial charge is 0.277 e. The van der Waals surface area contributed by atoms with E-state index in [-0.39, 0.29) is 12.0 Å². The average molecular weight is 291 g/mol. The average Bonchev–Trinajstić information content (AvgIpc) is 2.83. The number of rotatable bonds is 4. The molecule has 1 aromatic rings. The molecule has 0 radical (unpaired) electrons. The lowest BCUT2D eigenvalue weighted by Crippen LogP contribution is -2.25. The molecule has 1 amide bonds. The predicted octanol–water partition coefficient (Wildman–Crippen LogP) is 2.48. The molecule has 0 saturated carbocycles. The summed E-state index contributed by atoms with van der Waals surface area (Å²) in [5, 5.41) is 1.19. The van der Waals surface area contributed by atoms with Gasteiger partial charge in [-0.15, -0.1) is 0 Å². The summed E-state index contributed by atoms with van der Waals surface area (Å²) in [5.74, 6) is -0.696. The molecule has 0 unspecified atom stereocenters. The molecule has 5 heteroatoms. The molecule has 0 bridgehead atoms. The number of ether oxygens (including phenoxy) is 2. The van der Waals surface area contributed by atoms with Crippen molar-refractivity contribution in [2.75, 3.05) is 20.8 Å². The largest absolute Gasteiger partial charge is 0.347 e. The Morgan fingerprint density at radius 3 is 2.57 bits per heavy atom. The first kappa shape index (κ1) is 15.7. The van der Waals surface area contributed by atoms with Crippen molar-refractivity contribution in [1.29, 1.82) is 0 Å². The Bertz CT molecular complexity index is 522. The second-order valence-electron chi connectivity index (χ2n) is 5.33. The summed E-state index contributed by atoms with van der Waals surface area (Å²) in [4.78, 5) is 16.7. The van der Waals surface area contributed by atoms with Crippen molar-refractivity contribution in [1.82, 2.24) is 5.06 Å². The second-order valence-corrected chi connectivity index (χ2v) is 5.33. The predicted molar refractivity (Wildman–Crippen MR) is 79.5 cm³/mol. The monoisotopic (exact) mass is 291 g/mol. The van der Waals surface area contributed by atoms with Crippen LogP contribution in [0, 0.1) is 0 Å².